The molecule has 0 aliphatic rings. The first-order valence-electron chi connectivity index (χ1n) is 8.39. The summed E-state index contributed by atoms with van der Waals surface area (Å²) in [6.07, 6.45) is 3.40. The summed E-state index contributed by atoms with van der Waals surface area (Å²) in [6.45, 7) is 0. The number of imidazole rings is 1. The number of benzene rings is 2. The highest BCUT2D eigenvalue weighted by Crippen LogP contribution is 2.30. The van der Waals surface area contributed by atoms with Gasteiger partial charge in [0.2, 0.25) is 0 Å². The van der Waals surface area contributed by atoms with Crippen molar-refractivity contribution in [3.63, 3.8) is 0 Å². The zero-order valence-corrected chi connectivity index (χ0v) is 17.2. The third-order valence-electron chi connectivity index (χ3n) is 4.27. The number of aryl methyl sites for hydroxylation is 1. The molecule has 6 nitrogen and oxygen atoms in total. The second kappa shape index (κ2) is 8.43. The van der Waals surface area contributed by atoms with Crippen molar-refractivity contribution in [2.45, 2.75) is 6.04 Å². The Kier molecular flexibility index (Phi) is 5.99. The minimum atomic E-state index is -0.639. The van der Waals surface area contributed by atoms with Crippen molar-refractivity contribution in [2.75, 3.05) is 14.2 Å². The number of nitrogens with zero attached hydrogens (tertiary/aromatic N) is 2. The summed E-state index contributed by atoms with van der Waals surface area (Å²) in [5.41, 5.74) is 0.633. The average Bonchev–Trinajstić information content (AvgIpc) is 3.11. The molecule has 3 rings (SSSR count). The minimum absolute atomic E-state index is 0.0581. The lowest BCUT2D eigenvalue weighted by Gasteiger charge is -2.21. The molecule has 146 valence electrons. The predicted molar refractivity (Wildman–Crippen MR) is 106 cm³/mol. The standard InChI is InChI=1S/C20H19BrFN3O3/c1-25-7-6-23-19(25)18(12-8-14(27-2)11-15(9-12)28-3)24-20(26)16-5-4-13(21)10-17(16)22/h4-11,18H,1-3H3,(H,24,26)/t18-/m0/s1. The van der Waals surface area contributed by atoms with Crippen molar-refractivity contribution in [1.29, 1.82) is 0 Å². The normalized spacial score (nSPS) is 11.8. The zero-order chi connectivity index (χ0) is 20.3. The van der Waals surface area contributed by atoms with Crippen LogP contribution in [0.15, 0.2) is 53.3 Å². The van der Waals surface area contributed by atoms with Crippen molar-refractivity contribution < 1.29 is 18.7 Å². The molecule has 1 heterocycles. The number of amides is 1. The van der Waals surface area contributed by atoms with Crippen LogP contribution in [0.1, 0.15) is 27.8 Å². The molecule has 0 bridgehead atoms. The monoisotopic (exact) mass is 447 g/mol. The quantitative estimate of drug-likeness (QED) is 0.622. The van der Waals surface area contributed by atoms with Gasteiger partial charge in [0.05, 0.1) is 19.8 Å². The topological polar surface area (TPSA) is 65.4 Å². The Morgan fingerprint density at radius 3 is 2.39 bits per heavy atom. The Balaban J connectivity index is 2.04. The maximum absolute atomic E-state index is 14.3. The van der Waals surface area contributed by atoms with Crippen molar-refractivity contribution >= 4 is 21.8 Å². The fourth-order valence-electron chi connectivity index (χ4n) is 2.83. The van der Waals surface area contributed by atoms with E-state index >= 15 is 0 Å². The third kappa shape index (κ3) is 4.17. The molecular weight excluding hydrogens is 429 g/mol. The van der Waals surface area contributed by atoms with Gasteiger partial charge >= 0.3 is 0 Å². The van der Waals surface area contributed by atoms with E-state index < -0.39 is 17.8 Å². The molecule has 1 atom stereocenters. The molecular formula is C20H19BrFN3O3. The largest absolute Gasteiger partial charge is 0.497 e. The van der Waals surface area contributed by atoms with Gasteiger partial charge in [-0.25, -0.2) is 9.37 Å². The molecule has 8 heteroatoms. The number of carbonyl (C=O) groups excluding carboxylic acids is 1. The molecule has 0 unspecified atom stereocenters. The van der Waals surface area contributed by atoms with Crippen LogP contribution in [0.4, 0.5) is 4.39 Å². The molecule has 1 amide bonds. The second-order valence-electron chi connectivity index (χ2n) is 6.07. The van der Waals surface area contributed by atoms with Gasteiger partial charge in [0.25, 0.3) is 5.91 Å². The van der Waals surface area contributed by atoms with Gasteiger partial charge < -0.3 is 19.4 Å². The van der Waals surface area contributed by atoms with Crippen molar-refractivity contribution in [3.05, 3.63) is 76.0 Å². The molecule has 0 spiro atoms. The Morgan fingerprint density at radius 2 is 1.86 bits per heavy atom. The van der Waals surface area contributed by atoms with E-state index in [4.69, 9.17) is 9.47 Å². The number of carbonyl (C=O) groups is 1. The molecule has 0 radical (unpaired) electrons. The van der Waals surface area contributed by atoms with Crippen LogP contribution >= 0.6 is 15.9 Å². The van der Waals surface area contributed by atoms with Crippen molar-refractivity contribution in [2.24, 2.45) is 7.05 Å². The van der Waals surface area contributed by atoms with E-state index in [1.54, 1.807) is 55.4 Å². The summed E-state index contributed by atoms with van der Waals surface area (Å²) in [6, 6.07) is 8.94. The van der Waals surface area contributed by atoms with Crippen LogP contribution in [0.5, 0.6) is 11.5 Å². The molecule has 0 fully saturated rings. The summed E-state index contributed by atoms with van der Waals surface area (Å²) >= 11 is 3.19. The molecule has 0 aliphatic carbocycles. The molecule has 0 saturated carbocycles. The van der Waals surface area contributed by atoms with Crippen LogP contribution in [-0.4, -0.2) is 29.7 Å². The lowest BCUT2D eigenvalue weighted by Crippen LogP contribution is -2.31. The first-order chi connectivity index (χ1) is 13.4. The lowest BCUT2D eigenvalue weighted by atomic mass is 10.0. The van der Waals surface area contributed by atoms with Crippen LogP contribution in [0.3, 0.4) is 0 Å². The lowest BCUT2D eigenvalue weighted by molar-refractivity contribution is 0.0937. The van der Waals surface area contributed by atoms with Crippen LogP contribution < -0.4 is 14.8 Å². The second-order valence-corrected chi connectivity index (χ2v) is 6.99. The Morgan fingerprint density at radius 1 is 1.18 bits per heavy atom. The maximum Gasteiger partial charge on any atom is 0.255 e. The van der Waals surface area contributed by atoms with E-state index in [9.17, 15) is 9.18 Å². The highest BCUT2D eigenvalue weighted by Gasteiger charge is 2.24. The number of rotatable bonds is 6. The van der Waals surface area contributed by atoms with E-state index in [0.717, 1.165) is 0 Å². The highest BCUT2D eigenvalue weighted by atomic mass is 79.9. The number of ether oxygens (including phenoxy) is 2. The maximum atomic E-state index is 14.3. The number of halogens is 2. The minimum Gasteiger partial charge on any atom is -0.497 e. The van der Waals surface area contributed by atoms with E-state index in [0.29, 0.717) is 27.4 Å². The highest BCUT2D eigenvalue weighted by molar-refractivity contribution is 9.10. The van der Waals surface area contributed by atoms with E-state index in [2.05, 4.69) is 26.2 Å². The molecule has 28 heavy (non-hydrogen) atoms. The Bertz CT molecular complexity index is 984. The molecule has 2 aromatic carbocycles. The van der Waals surface area contributed by atoms with E-state index in [1.165, 1.54) is 12.1 Å². The van der Waals surface area contributed by atoms with Crippen LogP contribution in [-0.2, 0) is 7.05 Å². The predicted octanol–water partition coefficient (Wildman–Crippen LogP) is 3.86. The first kappa shape index (κ1) is 19.9. The van der Waals surface area contributed by atoms with Gasteiger partial charge in [0, 0.05) is 30.0 Å². The van der Waals surface area contributed by atoms with Crippen molar-refractivity contribution in [1.82, 2.24) is 14.9 Å². The smallest absolute Gasteiger partial charge is 0.255 e. The first-order valence-corrected chi connectivity index (χ1v) is 9.18. The molecule has 0 aliphatic heterocycles. The number of methoxy groups -OCH3 is 2. The number of aromatic nitrogens is 2. The summed E-state index contributed by atoms with van der Waals surface area (Å²) < 4.78 is 27.3. The van der Waals surface area contributed by atoms with Gasteiger partial charge in [-0.05, 0) is 35.9 Å². The summed E-state index contributed by atoms with van der Waals surface area (Å²) in [5.74, 6) is 0.546. The summed E-state index contributed by atoms with van der Waals surface area (Å²) in [4.78, 5) is 17.2. The van der Waals surface area contributed by atoms with Crippen molar-refractivity contribution in [3.8, 4) is 11.5 Å². The van der Waals surface area contributed by atoms with Gasteiger partial charge in [-0.2, -0.15) is 0 Å². The average molecular weight is 448 g/mol. The fraction of sp³-hybridized carbons (Fsp3) is 0.200. The number of hydrogen-bond donors (Lipinski definition) is 1. The third-order valence-corrected chi connectivity index (χ3v) is 4.77. The number of nitrogens with one attached hydrogen (secondary N) is 1. The van der Waals surface area contributed by atoms with Crippen LogP contribution in [0, 0.1) is 5.82 Å². The molecule has 3 aromatic rings. The van der Waals surface area contributed by atoms with Gasteiger partial charge in [0.15, 0.2) is 0 Å². The zero-order valence-electron chi connectivity index (χ0n) is 15.6. The Hall–Kier alpha value is -2.87. The molecule has 1 aromatic heterocycles. The fourth-order valence-corrected chi connectivity index (χ4v) is 3.16. The van der Waals surface area contributed by atoms with Gasteiger partial charge in [0.1, 0.15) is 29.2 Å². The van der Waals surface area contributed by atoms with Gasteiger partial charge in [-0.15, -0.1) is 0 Å². The van der Waals surface area contributed by atoms with Gasteiger partial charge in [-0.3, -0.25) is 4.79 Å². The van der Waals surface area contributed by atoms with Gasteiger partial charge in [-0.1, -0.05) is 15.9 Å². The van der Waals surface area contributed by atoms with E-state index in [-0.39, 0.29) is 5.56 Å². The summed E-state index contributed by atoms with van der Waals surface area (Å²) in [5, 5.41) is 2.87. The van der Waals surface area contributed by atoms with Crippen LogP contribution in [0.2, 0.25) is 0 Å². The van der Waals surface area contributed by atoms with E-state index in [1.807, 2.05) is 7.05 Å². The van der Waals surface area contributed by atoms with Crippen LogP contribution in [0.25, 0.3) is 0 Å². The SMILES string of the molecule is COc1cc(OC)cc([C@H](NC(=O)c2ccc(Br)cc2F)c2nccn2C)c1. The Labute approximate surface area is 170 Å². The molecule has 0 saturated heterocycles. The number of hydrogen-bond acceptors (Lipinski definition) is 4. The molecule has 1 N–H and O–H groups in total. The summed E-state index contributed by atoms with van der Waals surface area (Å²) in [7, 11) is 4.91.